The fourth-order valence-corrected chi connectivity index (χ4v) is 3.53. The van der Waals surface area contributed by atoms with E-state index in [0.29, 0.717) is 12.8 Å². The molecule has 0 saturated heterocycles. The topological polar surface area (TPSA) is 121 Å². The quantitative estimate of drug-likeness (QED) is 0.368. The van der Waals surface area contributed by atoms with E-state index in [2.05, 4.69) is 0 Å². The molecule has 0 bridgehead atoms. The van der Waals surface area contributed by atoms with Crippen molar-refractivity contribution >= 4 is 0 Å². The summed E-state index contributed by atoms with van der Waals surface area (Å²) < 4.78 is 0. The van der Waals surface area contributed by atoms with E-state index in [1.165, 1.54) is 38.5 Å². The highest BCUT2D eigenvalue weighted by atomic mass is 16.7. The van der Waals surface area contributed by atoms with Crippen LogP contribution in [0.25, 0.3) is 0 Å². The standard InChI is InChI=1S/C19H38O6/c20-17(21)15-13-11-9-7-5-3-1-2-4-6-8-10-12-14-16-18(22,23)19(17,24)25/h20-25H,1-16H2. The highest BCUT2D eigenvalue weighted by molar-refractivity contribution is 4.93. The van der Waals surface area contributed by atoms with Gasteiger partial charge < -0.3 is 30.6 Å². The normalized spacial score (nSPS) is 27.6. The van der Waals surface area contributed by atoms with Crippen LogP contribution in [0.1, 0.15) is 103 Å². The van der Waals surface area contributed by atoms with Crippen molar-refractivity contribution in [2.24, 2.45) is 0 Å². The van der Waals surface area contributed by atoms with Crippen LogP contribution in [0.3, 0.4) is 0 Å². The van der Waals surface area contributed by atoms with Crippen LogP contribution in [0.4, 0.5) is 0 Å². The molecule has 1 aliphatic rings. The zero-order valence-corrected chi connectivity index (χ0v) is 15.5. The van der Waals surface area contributed by atoms with Crippen molar-refractivity contribution in [1.82, 2.24) is 0 Å². The summed E-state index contributed by atoms with van der Waals surface area (Å²) >= 11 is 0. The van der Waals surface area contributed by atoms with E-state index in [0.717, 1.165) is 38.5 Å². The molecule has 0 radical (unpaired) electrons. The van der Waals surface area contributed by atoms with Crippen molar-refractivity contribution in [3.63, 3.8) is 0 Å². The van der Waals surface area contributed by atoms with Gasteiger partial charge in [-0.2, -0.15) is 0 Å². The second-order valence-electron chi connectivity index (χ2n) is 7.76. The molecule has 0 aliphatic heterocycles. The summed E-state index contributed by atoms with van der Waals surface area (Å²) in [5.74, 6) is -9.30. The molecule has 6 nitrogen and oxygen atoms in total. The van der Waals surface area contributed by atoms with Gasteiger partial charge in [0.2, 0.25) is 11.6 Å². The van der Waals surface area contributed by atoms with Crippen LogP contribution >= 0.6 is 0 Å². The predicted molar refractivity (Wildman–Crippen MR) is 95.4 cm³/mol. The first-order chi connectivity index (χ1) is 11.7. The molecule has 6 N–H and O–H groups in total. The van der Waals surface area contributed by atoms with Crippen LogP contribution in [0.15, 0.2) is 0 Å². The van der Waals surface area contributed by atoms with E-state index in [9.17, 15) is 30.6 Å². The highest BCUT2D eigenvalue weighted by Gasteiger charge is 2.60. The van der Waals surface area contributed by atoms with Crippen LogP contribution in [0.5, 0.6) is 0 Å². The molecule has 1 saturated carbocycles. The van der Waals surface area contributed by atoms with Gasteiger partial charge in [0.1, 0.15) is 0 Å². The first-order valence-electron chi connectivity index (χ1n) is 10.0. The summed E-state index contributed by atoms with van der Waals surface area (Å²) in [6.07, 6.45) is 13.0. The Morgan fingerprint density at radius 3 is 0.760 bits per heavy atom. The molecule has 0 heterocycles. The second kappa shape index (κ2) is 10.8. The first kappa shape index (κ1) is 22.8. The van der Waals surface area contributed by atoms with Crippen molar-refractivity contribution in [3.8, 4) is 0 Å². The lowest BCUT2D eigenvalue weighted by Gasteiger charge is -2.43. The van der Waals surface area contributed by atoms with Gasteiger partial charge in [0, 0.05) is 12.8 Å². The Morgan fingerprint density at radius 1 is 0.320 bits per heavy atom. The van der Waals surface area contributed by atoms with Crippen molar-refractivity contribution in [2.45, 2.75) is 120 Å². The third kappa shape index (κ3) is 7.49. The van der Waals surface area contributed by atoms with Crippen LogP contribution in [0.2, 0.25) is 0 Å². The maximum Gasteiger partial charge on any atom is 0.274 e. The van der Waals surface area contributed by atoms with Gasteiger partial charge in [0.15, 0.2) is 0 Å². The Balaban J connectivity index is 2.61. The summed E-state index contributed by atoms with van der Waals surface area (Å²) in [5, 5.41) is 60.0. The molecular weight excluding hydrogens is 324 g/mol. The van der Waals surface area contributed by atoms with Gasteiger partial charge in [-0.15, -0.1) is 0 Å². The first-order valence-corrected chi connectivity index (χ1v) is 10.0. The molecule has 0 unspecified atom stereocenters. The fraction of sp³-hybridized carbons (Fsp3) is 1.00. The third-order valence-corrected chi connectivity index (χ3v) is 5.42. The number of hydrogen-bond acceptors (Lipinski definition) is 6. The molecule has 0 spiro atoms. The summed E-state index contributed by atoms with van der Waals surface area (Å²) in [6, 6.07) is 0. The van der Waals surface area contributed by atoms with Crippen molar-refractivity contribution in [2.75, 3.05) is 0 Å². The number of rotatable bonds is 0. The van der Waals surface area contributed by atoms with Gasteiger partial charge in [0.05, 0.1) is 0 Å². The Hall–Kier alpha value is -0.240. The average molecular weight is 363 g/mol. The molecule has 6 heteroatoms. The lowest BCUT2D eigenvalue weighted by Crippen LogP contribution is -2.68. The van der Waals surface area contributed by atoms with Crippen molar-refractivity contribution in [3.05, 3.63) is 0 Å². The molecule has 0 aromatic carbocycles. The van der Waals surface area contributed by atoms with Gasteiger partial charge in [-0.05, 0) is 12.8 Å². The van der Waals surface area contributed by atoms with Gasteiger partial charge >= 0.3 is 0 Å². The molecule has 0 amide bonds. The molecule has 150 valence electrons. The lowest BCUT2D eigenvalue weighted by molar-refractivity contribution is -0.454. The Morgan fingerprint density at radius 2 is 0.520 bits per heavy atom. The Labute approximate surface area is 151 Å². The van der Waals surface area contributed by atoms with E-state index < -0.39 is 17.4 Å². The second-order valence-corrected chi connectivity index (χ2v) is 7.76. The molecule has 0 aromatic rings. The highest BCUT2D eigenvalue weighted by Crippen LogP contribution is 2.35. The molecule has 0 atom stereocenters. The largest absolute Gasteiger partial charge is 0.361 e. The lowest BCUT2D eigenvalue weighted by atomic mass is 9.88. The van der Waals surface area contributed by atoms with E-state index in [4.69, 9.17) is 0 Å². The van der Waals surface area contributed by atoms with Crippen LogP contribution in [-0.4, -0.2) is 48.0 Å². The molecule has 0 aromatic heterocycles. The minimum atomic E-state index is -3.39. The molecular formula is C19H38O6. The number of hydrogen-bond donors (Lipinski definition) is 6. The summed E-state index contributed by atoms with van der Waals surface area (Å²) in [6.45, 7) is 0. The van der Waals surface area contributed by atoms with Gasteiger partial charge in [0.25, 0.3) is 5.79 Å². The van der Waals surface area contributed by atoms with E-state index >= 15 is 0 Å². The maximum absolute atomic E-state index is 10.0. The smallest absolute Gasteiger partial charge is 0.274 e. The van der Waals surface area contributed by atoms with Crippen molar-refractivity contribution in [1.29, 1.82) is 0 Å². The molecule has 1 rings (SSSR count). The van der Waals surface area contributed by atoms with Crippen LogP contribution in [-0.2, 0) is 0 Å². The summed E-state index contributed by atoms with van der Waals surface area (Å²) in [4.78, 5) is 0. The summed E-state index contributed by atoms with van der Waals surface area (Å²) in [5.41, 5.74) is 0. The Bertz CT molecular complexity index is 322. The van der Waals surface area contributed by atoms with Gasteiger partial charge in [-0.1, -0.05) is 77.0 Å². The van der Waals surface area contributed by atoms with Crippen molar-refractivity contribution < 1.29 is 30.6 Å². The van der Waals surface area contributed by atoms with E-state index in [1.807, 2.05) is 0 Å². The van der Waals surface area contributed by atoms with E-state index in [-0.39, 0.29) is 12.8 Å². The third-order valence-electron chi connectivity index (χ3n) is 5.42. The zero-order valence-electron chi connectivity index (χ0n) is 15.5. The molecule has 1 fully saturated rings. The van der Waals surface area contributed by atoms with E-state index in [1.54, 1.807) is 0 Å². The minimum Gasteiger partial charge on any atom is -0.361 e. The predicted octanol–water partition coefficient (Wildman–Crippen LogP) is 2.28. The minimum absolute atomic E-state index is 0.317. The average Bonchev–Trinajstić information content (AvgIpc) is 2.53. The maximum atomic E-state index is 10.0. The fourth-order valence-electron chi connectivity index (χ4n) is 3.53. The molecule has 25 heavy (non-hydrogen) atoms. The summed E-state index contributed by atoms with van der Waals surface area (Å²) in [7, 11) is 0. The molecule has 1 aliphatic carbocycles. The van der Waals surface area contributed by atoms with Crippen LogP contribution in [0, 0.1) is 0 Å². The monoisotopic (exact) mass is 362 g/mol. The van der Waals surface area contributed by atoms with Gasteiger partial charge in [-0.3, -0.25) is 0 Å². The van der Waals surface area contributed by atoms with Crippen LogP contribution < -0.4 is 0 Å². The Kier molecular flexibility index (Phi) is 9.85. The SMILES string of the molecule is OC1(O)CCCCCCCCCCCCCCCCC(O)(O)C1(O)O. The van der Waals surface area contributed by atoms with Gasteiger partial charge in [-0.25, -0.2) is 0 Å². The number of aliphatic hydroxyl groups is 6. The zero-order chi connectivity index (χ0) is 18.8.